The van der Waals surface area contributed by atoms with Crippen LogP contribution in [0.15, 0.2) is 18.2 Å². The van der Waals surface area contributed by atoms with Gasteiger partial charge < -0.3 is 15.2 Å². The van der Waals surface area contributed by atoms with E-state index >= 15 is 0 Å². The fourth-order valence-electron chi connectivity index (χ4n) is 1.37. The molecule has 4 heteroatoms. The molecular formula is C11H18ClNO2. The lowest BCUT2D eigenvalue weighted by molar-refractivity contribution is 0.390. The minimum absolute atomic E-state index is 0. The standard InChI is InChI=1S/C11H17NO2.ClH/c1-8(12)6-9-4-5-10(13-2)7-11(9)14-3;/h4-5,7-8H,6,12H2,1-3H3;1H. The van der Waals surface area contributed by atoms with E-state index in [0.717, 1.165) is 23.5 Å². The molecule has 3 nitrogen and oxygen atoms in total. The third kappa shape index (κ3) is 3.98. The van der Waals surface area contributed by atoms with Crippen LogP contribution in [0, 0.1) is 0 Å². The van der Waals surface area contributed by atoms with Crippen LogP contribution < -0.4 is 15.2 Å². The molecule has 1 aromatic carbocycles. The highest BCUT2D eigenvalue weighted by atomic mass is 35.5. The van der Waals surface area contributed by atoms with Crippen LogP contribution in [0.3, 0.4) is 0 Å². The van der Waals surface area contributed by atoms with E-state index in [9.17, 15) is 0 Å². The molecule has 0 saturated carbocycles. The number of nitrogens with two attached hydrogens (primary N) is 1. The van der Waals surface area contributed by atoms with Crippen LogP contribution in [0.4, 0.5) is 0 Å². The SMILES string of the molecule is COc1ccc(CC(C)N)c(OC)c1.Cl. The molecule has 1 atom stereocenters. The largest absolute Gasteiger partial charge is 0.497 e. The van der Waals surface area contributed by atoms with Crippen molar-refractivity contribution in [2.75, 3.05) is 14.2 Å². The van der Waals surface area contributed by atoms with Crippen molar-refractivity contribution < 1.29 is 9.47 Å². The number of ether oxygens (including phenoxy) is 2. The minimum Gasteiger partial charge on any atom is -0.497 e. The monoisotopic (exact) mass is 231 g/mol. The molecule has 0 heterocycles. The van der Waals surface area contributed by atoms with E-state index in [1.807, 2.05) is 25.1 Å². The number of rotatable bonds is 4. The van der Waals surface area contributed by atoms with Gasteiger partial charge in [0.25, 0.3) is 0 Å². The van der Waals surface area contributed by atoms with Crippen molar-refractivity contribution in [3.05, 3.63) is 23.8 Å². The summed E-state index contributed by atoms with van der Waals surface area (Å²) in [5, 5.41) is 0. The van der Waals surface area contributed by atoms with Crippen molar-refractivity contribution in [3.63, 3.8) is 0 Å². The first-order valence-electron chi connectivity index (χ1n) is 4.64. The average molecular weight is 232 g/mol. The third-order valence-corrected chi connectivity index (χ3v) is 2.04. The predicted octanol–water partition coefficient (Wildman–Crippen LogP) is 2.02. The molecule has 2 N–H and O–H groups in total. The number of halogens is 1. The normalized spacial score (nSPS) is 11.5. The second-order valence-corrected chi connectivity index (χ2v) is 3.36. The van der Waals surface area contributed by atoms with Gasteiger partial charge >= 0.3 is 0 Å². The summed E-state index contributed by atoms with van der Waals surface area (Å²) in [5.41, 5.74) is 6.85. The third-order valence-electron chi connectivity index (χ3n) is 2.04. The van der Waals surface area contributed by atoms with Crippen molar-refractivity contribution >= 4 is 12.4 Å². The van der Waals surface area contributed by atoms with Crippen LogP contribution in [0.2, 0.25) is 0 Å². The summed E-state index contributed by atoms with van der Waals surface area (Å²) >= 11 is 0. The Bertz CT molecular complexity index is 303. The van der Waals surface area contributed by atoms with E-state index in [1.54, 1.807) is 14.2 Å². The van der Waals surface area contributed by atoms with Gasteiger partial charge in [-0.05, 0) is 25.0 Å². The van der Waals surface area contributed by atoms with E-state index in [0.29, 0.717) is 0 Å². The molecule has 86 valence electrons. The van der Waals surface area contributed by atoms with Gasteiger partial charge in [0.1, 0.15) is 11.5 Å². The first kappa shape index (κ1) is 14.1. The lowest BCUT2D eigenvalue weighted by atomic mass is 10.1. The molecule has 15 heavy (non-hydrogen) atoms. The Balaban J connectivity index is 0.00000196. The van der Waals surface area contributed by atoms with Crippen molar-refractivity contribution in [1.82, 2.24) is 0 Å². The first-order chi connectivity index (χ1) is 6.67. The maximum Gasteiger partial charge on any atom is 0.125 e. The molecule has 0 bridgehead atoms. The number of methoxy groups -OCH3 is 2. The molecule has 1 aromatic rings. The summed E-state index contributed by atoms with van der Waals surface area (Å²) in [6.07, 6.45) is 0.813. The van der Waals surface area contributed by atoms with Crippen molar-refractivity contribution in [1.29, 1.82) is 0 Å². The molecule has 1 unspecified atom stereocenters. The molecule has 0 aromatic heterocycles. The highest BCUT2D eigenvalue weighted by molar-refractivity contribution is 5.85. The lowest BCUT2D eigenvalue weighted by Crippen LogP contribution is -2.18. The van der Waals surface area contributed by atoms with Gasteiger partial charge in [0.2, 0.25) is 0 Å². The Labute approximate surface area is 97.0 Å². The molecule has 0 aliphatic rings. The number of hydrogen-bond donors (Lipinski definition) is 1. The molecule has 0 radical (unpaired) electrons. The lowest BCUT2D eigenvalue weighted by Gasteiger charge is -2.11. The summed E-state index contributed by atoms with van der Waals surface area (Å²) in [6, 6.07) is 5.91. The quantitative estimate of drug-likeness (QED) is 0.862. The van der Waals surface area contributed by atoms with Crippen LogP contribution in [0.1, 0.15) is 12.5 Å². The van der Waals surface area contributed by atoms with Crippen LogP contribution >= 0.6 is 12.4 Å². The second-order valence-electron chi connectivity index (χ2n) is 3.36. The zero-order valence-electron chi connectivity index (χ0n) is 9.32. The second kappa shape index (κ2) is 6.53. The zero-order chi connectivity index (χ0) is 10.6. The number of hydrogen-bond acceptors (Lipinski definition) is 3. The van der Waals surface area contributed by atoms with E-state index in [2.05, 4.69) is 0 Å². The molecule has 0 aliphatic carbocycles. The molecular weight excluding hydrogens is 214 g/mol. The van der Waals surface area contributed by atoms with Gasteiger partial charge in [-0.3, -0.25) is 0 Å². The van der Waals surface area contributed by atoms with Gasteiger partial charge in [0.15, 0.2) is 0 Å². The molecule has 0 spiro atoms. The van der Waals surface area contributed by atoms with Crippen LogP contribution in [-0.4, -0.2) is 20.3 Å². The molecule has 0 amide bonds. The number of benzene rings is 1. The first-order valence-corrected chi connectivity index (χ1v) is 4.64. The maximum atomic E-state index is 5.73. The summed E-state index contributed by atoms with van der Waals surface area (Å²) in [7, 11) is 3.29. The minimum atomic E-state index is 0. The van der Waals surface area contributed by atoms with Gasteiger partial charge in [0.05, 0.1) is 14.2 Å². The van der Waals surface area contributed by atoms with Crippen LogP contribution in [0.5, 0.6) is 11.5 Å². The Morgan fingerprint density at radius 3 is 2.40 bits per heavy atom. The van der Waals surface area contributed by atoms with Crippen molar-refractivity contribution in [2.24, 2.45) is 5.73 Å². The Hall–Kier alpha value is -0.930. The van der Waals surface area contributed by atoms with Gasteiger partial charge in [-0.1, -0.05) is 6.07 Å². The molecule has 0 saturated heterocycles. The average Bonchev–Trinajstić information content (AvgIpc) is 2.17. The van der Waals surface area contributed by atoms with E-state index in [4.69, 9.17) is 15.2 Å². The van der Waals surface area contributed by atoms with E-state index in [1.165, 1.54) is 0 Å². The molecule has 0 aliphatic heterocycles. The zero-order valence-corrected chi connectivity index (χ0v) is 10.1. The summed E-state index contributed by atoms with van der Waals surface area (Å²) < 4.78 is 10.4. The Morgan fingerprint density at radius 1 is 1.27 bits per heavy atom. The van der Waals surface area contributed by atoms with E-state index < -0.39 is 0 Å². The fourth-order valence-corrected chi connectivity index (χ4v) is 1.37. The highest BCUT2D eigenvalue weighted by Crippen LogP contribution is 2.25. The Morgan fingerprint density at radius 2 is 1.93 bits per heavy atom. The van der Waals surface area contributed by atoms with Crippen molar-refractivity contribution in [2.45, 2.75) is 19.4 Å². The van der Waals surface area contributed by atoms with Gasteiger partial charge in [0, 0.05) is 12.1 Å². The fraction of sp³-hybridized carbons (Fsp3) is 0.455. The molecule has 0 fully saturated rings. The Kier molecular flexibility index (Phi) is 6.13. The topological polar surface area (TPSA) is 44.5 Å². The van der Waals surface area contributed by atoms with Gasteiger partial charge in [-0.15, -0.1) is 12.4 Å². The highest BCUT2D eigenvalue weighted by Gasteiger charge is 2.06. The van der Waals surface area contributed by atoms with Crippen LogP contribution in [-0.2, 0) is 6.42 Å². The summed E-state index contributed by atoms with van der Waals surface area (Å²) in [5.74, 6) is 1.64. The van der Waals surface area contributed by atoms with E-state index in [-0.39, 0.29) is 18.4 Å². The molecule has 1 rings (SSSR count). The van der Waals surface area contributed by atoms with Crippen molar-refractivity contribution in [3.8, 4) is 11.5 Å². The summed E-state index contributed by atoms with van der Waals surface area (Å²) in [4.78, 5) is 0. The van der Waals surface area contributed by atoms with Gasteiger partial charge in [-0.25, -0.2) is 0 Å². The predicted molar refractivity (Wildman–Crippen MR) is 64.1 cm³/mol. The van der Waals surface area contributed by atoms with Crippen LogP contribution in [0.25, 0.3) is 0 Å². The van der Waals surface area contributed by atoms with Gasteiger partial charge in [-0.2, -0.15) is 0 Å². The smallest absolute Gasteiger partial charge is 0.125 e. The maximum absolute atomic E-state index is 5.73. The summed E-state index contributed by atoms with van der Waals surface area (Å²) in [6.45, 7) is 1.98.